The van der Waals surface area contributed by atoms with Gasteiger partial charge < -0.3 is 14.4 Å². The standard InChI is InChI=1S/C9H12BBrO3/c1-2-3-13-8-4-7(11)5-9(6-8)14-10-12/h4-6,10,12H,2-3H2,1H3. The van der Waals surface area contributed by atoms with E-state index >= 15 is 0 Å². The highest BCUT2D eigenvalue weighted by Gasteiger charge is 2.01. The summed E-state index contributed by atoms with van der Waals surface area (Å²) < 4.78 is 11.3. The van der Waals surface area contributed by atoms with Gasteiger partial charge in [0.15, 0.2) is 0 Å². The molecular weight excluding hydrogens is 247 g/mol. The molecule has 0 aliphatic carbocycles. The monoisotopic (exact) mass is 258 g/mol. The second-order valence-corrected chi connectivity index (χ2v) is 3.66. The second kappa shape index (κ2) is 5.93. The molecule has 1 aromatic rings. The fourth-order valence-electron chi connectivity index (χ4n) is 0.998. The minimum atomic E-state index is -0.330. The van der Waals surface area contributed by atoms with Crippen molar-refractivity contribution in [3.8, 4) is 11.5 Å². The maximum Gasteiger partial charge on any atom is 0.504 e. The first kappa shape index (κ1) is 11.4. The zero-order chi connectivity index (χ0) is 10.4. The molecule has 0 aliphatic rings. The number of rotatable bonds is 5. The molecule has 0 fully saturated rings. The Hall–Kier alpha value is -0.675. The van der Waals surface area contributed by atoms with Crippen LogP contribution >= 0.6 is 15.9 Å². The first-order chi connectivity index (χ1) is 6.76. The molecule has 14 heavy (non-hydrogen) atoms. The van der Waals surface area contributed by atoms with Crippen molar-refractivity contribution in [1.29, 1.82) is 0 Å². The molecule has 0 spiro atoms. The molecule has 0 saturated heterocycles. The van der Waals surface area contributed by atoms with E-state index in [0.717, 1.165) is 16.6 Å². The van der Waals surface area contributed by atoms with Crippen molar-refractivity contribution in [2.24, 2.45) is 0 Å². The third-order valence-electron chi connectivity index (χ3n) is 1.55. The van der Waals surface area contributed by atoms with Crippen LogP contribution in [0.15, 0.2) is 22.7 Å². The minimum Gasteiger partial charge on any atom is -0.539 e. The van der Waals surface area contributed by atoms with Crippen LogP contribution in [0.1, 0.15) is 13.3 Å². The van der Waals surface area contributed by atoms with Crippen molar-refractivity contribution < 1.29 is 14.4 Å². The lowest BCUT2D eigenvalue weighted by atomic mass is 10.3. The van der Waals surface area contributed by atoms with Crippen LogP contribution in [0.25, 0.3) is 0 Å². The molecule has 0 aliphatic heterocycles. The van der Waals surface area contributed by atoms with E-state index < -0.39 is 0 Å². The van der Waals surface area contributed by atoms with Gasteiger partial charge in [0.25, 0.3) is 0 Å². The van der Waals surface area contributed by atoms with E-state index in [-0.39, 0.29) is 7.69 Å². The van der Waals surface area contributed by atoms with Gasteiger partial charge >= 0.3 is 7.69 Å². The molecule has 0 atom stereocenters. The van der Waals surface area contributed by atoms with Crippen LogP contribution in [0.2, 0.25) is 0 Å². The zero-order valence-corrected chi connectivity index (χ0v) is 9.58. The molecule has 1 rings (SSSR count). The van der Waals surface area contributed by atoms with Crippen LogP contribution in [0.3, 0.4) is 0 Å². The van der Waals surface area contributed by atoms with E-state index in [1.54, 1.807) is 12.1 Å². The SMILES string of the molecule is CCCOc1cc(Br)cc(OBO)c1. The van der Waals surface area contributed by atoms with Crippen molar-refractivity contribution in [2.45, 2.75) is 13.3 Å². The van der Waals surface area contributed by atoms with Gasteiger partial charge in [0.2, 0.25) is 0 Å². The van der Waals surface area contributed by atoms with Crippen molar-refractivity contribution in [3.63, 3.8) is 0 Å². The smallest absolute Gasteiger partial charge is 0.504 e. The van der Waals surface area contributed by atoms with Crippen molar-refractivity contribution in [1.82, 2.24) is 0 Å². The minimum absolute atomic E-state index is 0.330. The van der Waals surface area contributed by atoms with E-state index in [4.69, 9.17) is 14.4 Å². The Bertz CT molecular complexity index is 293. The topological polar surface area (TPSA) is 38.7 Å². The van der Waals surface area contributed by atoms with E-state index in [2.05, 4.69) is 15.9 Å². The Morgan fingerprint density at radius 2 is 2.07 bits per heavy atom. The quantitative estimate of drug-likeness (QED) is 0.820. The molecule has 1 N–H and O–H groups in total. The Labute approximate surface area is 92.5 Å². The van der Waals surface area contributed by atoms with Crippen LogP contribution in [0, 0.1) is 0 Å². The highest BCUT2D eigenvalue weighted by atomic mass is 79.9. The third kappa shape index (κ3) is 3.60. The molecule has 0 heterocycles. The number of hydrogen-bond donors (Lipinski definition) is 1. The average molecular weight is 259 g/mol. The van der Waals surface area contributed by atoms with Gasteiger partial charge in [0.1, 0.15) is 11.5 Å². The van der Waals surface area contributed by atoms with Gasteiger partial charge in [-0.05, 0) is 18.6 Å². The first-order valence-corrected chi connectivity index (χ1v) is 5.22. The van der Waals surface area contributed by atoms with Gasteiger partial charge in [-0.1, -0.05) is 22.9 Å². The Balaban J connectivity index is 2.73. The third-order valence-corrected chi connectivity index (χ3v) is 2.01. The molecule has 3 nitrogen and oxygen atoms in total. The fourth-order valence-corrected chi connectivity index (χ4v) is 1.45. The van der Waals surface area contributed by atoms with Crippen LogP contribution in [0.5, 0.6) is 11.5 Å². The number of ether oxygens (including phenoxy) is 1. The van der Waals surface area contributed by atoms with E-state index in [0.29, 0.717) is 12.4 Å². The lowest BCUT2D eigenvalue weighted by Gasteiger charge is -2.08. The molecule has 0 amide bonds. The first-order valence-electron chi connectivity index (χ1n) is 4.43. The van der Waals surface area contributed by atoms with Crippen LogP contribution in [-0.4, -0.2) is 19.3 Å². The van der Waals surface area contributed by atoms with E-state index in [1.165, 1.54) is 0 Å². The lowest BCUT2D eigenvalue weighted by molar-refractivity contribution is 0.316. The van der Waals surface area contributed by atoms with Crippen LogP contribution < -0.4 is 9.39 Å². The maximum absolute atomic E-state index is 8.60. The van der Waals surface area contributed by atoms with Crippen molar-refractivity contribution in [3.05, 3.63) is 22.7 Å². The van der Waals surface area contributed by atoms with Gasteiger partial charge in [-0.15, -0.1) is 0 Å². The Morgan fingerprint density at radius 3 is 2.71 bits per heavy atom. The lowest BCUT2D eigenvalue weighted by Crippen LogP contribution is -2.01. The van der Waals surface area contributed by atoms with Gasteiger partial charge in [-0.25, -0.2) is 0 Å². The predicted octanol–water partition coefficient (Wildman–Crippen LogP) is 1.88. The Morgan fingerprint density at radius 1 is 1.36 bits per heavy atom. The van der Waals surface area contributed by atoms with Crippen LogP contribution in [-0.2, 0) is 0 Å². The zero-order valence-electron chi connectivity index (χ0n) is 8.00. The van der Waals surface area contributed by atoms with Gasteiger partial charge in [-0.3, -0.25) is 0 Å². The van der Waals surface area contributed by atoms with Gasteiger partial charge in [-0.2, -0.15) is 0 Å². The molecule has 76 valence electrons. The summed E-state index contributed by atoms with van der Waals surface area (Å²) in [5, 5.41) is 8.60. The van der Waals surface area contributed by atoms with Gasteiger partial charge in [0, 0.05) is 10.5 Å². The summed E-state index contributed by atoms with van der Waals surface area (Å²) in [5.41, 5.74) is 0. The molecule has 0 aromatic heterocycles. The summed E-state index contributed by atoms with van der Waals surface area (Å²) in [5.74, 6) is 1.33. The van der Waals surface area contributed by atoms with E-state index in [1.807, 2.05) is 13.0 Å². The number of hydrogen-bond acceptors (Lipinski definition) is 3. The van der Waals surface area contributed by atoms with Gasteiger partial charge in [0.05, 0.1) is 6.61 Å². The highest BCUT2D eigenvalue weighted by Crippen LogP contribution is 2.26. The molecule has 0 unspecified atom stereocenters. The number of benzene rings is 1. The average Bonchev–Trinajstić information content (AvgIpc) is 2.14. The summed E-state index contributed by atoms with van der Waals surface area (Å²) >= 11 is 3.33. The molecule has 0 bridgehead atoms. The number of halogens is 1. The molecular formula is C9H12BBrO3. The molecule has 0 radical (unpaired) electrons. The van der Waals surface area contributed by atoms with E-state index in [9.17, 15) is 0 Å². The fraction of sp³-hybridized carbons (Fsp3) is 0.333. The molecule has 1 aromatic carbocycles. The van der Waals surface area contributed by atoms with Crippen molar-refractivity contribution in [2.75, 3.05) is 6.61 Å². The highest BCUT2D eigenvalue weighted by molar-refractivity contribution is 9.10. The summed E-state index contributed by atoms with van der Waals surface area (Å²) in [6.45, 7) is 2.72. The van der Waals surface area contributed by atoms with Crippen molar-refractivity contribution >= 4 is 23.6 Å². The normalized spacial score (nSPS) is 9.64. The second-order valence-electron chi connectivity index (χ2n) is 2.74. The predicted molar refractivity (Wildman–Crippen MR) is 59.9 cm³/mol. The summed E-state index contributed by atoms with van der Waals surface area (Å²) in [6.07, 6.45) is 0.961. The maximum atomic E-state index is 8.60. The summed E-state index contributed by atoms with van der Waals surface area (Å²) in [7, 11) is -0.330. The van der Waals surface area contributed by atoms with Crippen LogP contribution in [0.4, 0.5) is 0 Å². The summed E-state index contributed by atoms with van der Waals surface area (Å²) in [4.78, 5) is 0. The molecule has 0 saturated carbocycles. The largest absolute Gasteiger partial charge is 0.539 e. The summed E-state index contributed by atoms with van der Waals surface area (Å²) in [6, 6.07) is 5.38. The molecule has 5 heteroatoms. The Kier molecular flexibility index (Phi) is 4.83.